The maximum absolute atomic E-state index is 5.93. The number of hydrogen-bond acceptors (Lipinski definition) is 4. The van der Waals surface area contributed by atoms with Gasteiger partial charge in [0.1, 0.15) is 5.82 Å². The zero-order valence-electron chi connectivity index (χ0n) is 12.1. The van der Waals surface area contributed by atoms with E-state index in [1.165, 1.54) is 5.56 Å². The third kappa shape index (κ3) is 3.56. The summed E-state index contributed by atoms with van der Waals surface area (Å²) >= 11 is 0. The smallest absolute Gasteiger partial charge is 0.131 e. The Morgan fingerprint density at radius 3 is 2.55 bits per heavy atom. The molecule has 0 saturated carbocycles. The van der Waals surface area contributed by atoms with Gasteiger partial charge in [-0.3, -0.25) is 0 Å². The molecule has 20 heavy (non-hydrogen) atoms. The van der Waals surface area contributed by atoms with Crippen LogP contribution in [0.4, 0.5) is 5.82 Å². The lowest BCUT2D eigenvalue weighted by Crippen LogP contribution is -2.22. The molecule has 3 N–H and O–H groups in total. The van der Waals surface area contributed by atoms with Crippen molar-refractivity contribution in [2.75, 3.05) is 32.5 Å². The molecule has 2 rings (SSSR count). The van der Waals surface area contributed by atoms with Gasteiger partial charge in [-0.2, -0.15) is 0 Å². The number of anilines is 1. The Morgan fingerprint density at radius 1 is 1.15 bits per heavy atom. The van der Waals surface area contributed by atoms with Gasteiger partial charge in [0.25, 0.3) is 0 Å². The molecule has 0 atom stereocenters. The Kier molecular flexibility index (Phi) is 5.09. The van der Waals surface area contributed by atoms with Crippen molar-refractivity contribution in [2.24, 2.45) is 5.73 Å². The van der Waals surface area contributed by atoms with E-state index in [1.54, 1.807) is 0 Å². The molecule has 106 valence electrons. The van der Waals surface area contributed by atoms with Crippen LogP contribution in [-0.2, 0) is 6.54 Å². The first kappa shape index (κ1) is 14.5. The Morgan fingerprint density at radius 2 is 1.90 bits per heavy atom. The molecule has 0 aliphatic carbocycles. The third-order valence-electron chi connectivity index (χ3n) is 3.20. The first-order valence-electron chi connectivity index (χ1n) is 6.84. The fourth-order valence-corrected chi connectivity index (χ4v) is 2.14. The highest BCUT2D eigenvalue weighted by atomic mass is 15.1. The minimum atomic E-state index is 0.475. The molecule has 0 aliphatic rings. The summed E-state index contributed by atoms with van der Waals surface area (Å²) in [5.41, 5.74) is 9.32. The van der Waals surface area contributed by atoms with Crippen molar-refractivity contribution in [1.82, 2.24) is 9.88 Å². The van der Waals surface area contributed by atoms with Crippen LogP contribution in [0.15, 0.2) is 42.6 Å². The van der Waals surface area contributed by atoms with E-state index in [9.17, 15) is 0 Å². The number of nitrogens with zero attached hydrogens (tertiary/aromatic N) is 2. The number of nitrogens with one attached hydrogen (secondary N) is 1. The van der Waals surface area contributed by atoms with Crippen LogP contribution in [0.1, 0.15) is 5.56 Å². The van der Waals surface area contributed by atoms with E-state index in [-0.39, 0.29) is 0 Å². The van der Waals surface area contributed by atoms with E-state index >= 15 is 0 Å². The SMILES string of the molecule is CN(C)CCNc1nccc(-c2ccccc2)c1CN. The lowest BCUT2D eigenvalue weighted by molar-refractivity contribution is 0.425. The molecular weight excluding hydrogens is 248 g/mol. The predicted octanol–water partition coefficient (Wildman–Crippen LogP) is 2.18. The molecule has 4 heteroatoms. The van der Waals surface area contributed by atoms with Gasteiger partial charge in [0.15, 0.2) is 0 Å². The molecule has 1 aromatic carbocycles. The van der Waals surface area contributed by atoms with Crippen LogP contribution in [0, 0.1) is 0 Å². The van der Waals surface area contributed by atoms with Crippen molar-refractivity contribution in [3.8, 4) is 11.1 Å². The Labute approximate surface area is 120 Å². The Hall–Kier alpha value is -1.91. The van der Waals surface area contributed by atoms with E-state index < -0.39 is 0 Å². The minimum Gasteiger partial charge on any atom is -0.369 e. The summed E-state index contributed by atoms with van der Waals surface area (Å²) in [5, 5.41) is 3.37. The molecule has 0 amide bonds. The average Bonchev–Trinajstić information content (AvgIpc) is 2.47. The van der Waals surface area contributed by atoms with E-state index in [1.807, 2.05) is 30.5 Å². The second kappa shape index (κ2) is 7.03. The van der Waals surface area contributed by atoms with Crippen LogP contribution >= 0.6 is 0 Å². The zero-order valence-corrected chi connectivity index (χ0v) is 12.1. The van der Waals surface area contributed by atoms with Gasteiger partial charge in [-0.25, -0.2) is 4.98 Å². The molecule has 0 radical (unpaired) electrons. The van der Waals surface area contributed by atoms with Crippen LogP contribution < -0.4 is 11.1 Å². The maximum atomic E-state index is 5.93. The molecule has 0 saturated heterocycles. The van der Waals surface area contributed by atoms with Crippen molar-refractivity contribution in [3.05, 3.63) is 48.2 Å². The van der Waals surface area contributed by atoms with Crippen LogP contribution in [0.5, 0.6) is 0 Å². The van der Waals surface area contributed by atoms with Crippen molar-refractivity contribution in [2.45, 2.75) is 6.54 Å². The van der Waals surface area contributed by atoms with Gasteiger partial charge in [-0.15, -0.1) is 0 Å². The number of pyridine rings is 1. The summed E-state index contributed by atoms with van der Waals surface area (Å²) in [6, 6.07) is 12.3. The lowest BCUT2D eigenvalue weighted by atomic mass is 10.0. The van der Waals surface area contributed by atoms with Crippen molar-refractivity contribution >= 4 is 5.82 Å². The molecule has 0 bridgehead atoms. The maximum Gasteiger partial charge on any atom is 0.131 e. The second-order valence-electron chi connectivity index (χ2n) is 4.99. The number of aromatic nitrogens is 1. The van der Waals surface area contributed by atoms with Gasteiger partial charge in [-0.05, 0) is 31.3 Å². The van der Waals surface area contributed by atoms with Gasteiger partial charge in [0, 0.05) is 31.4 Å². The lowest BCUT2D eigenvalue weighted by Gasteiger charge is -2.15. The summed E-state index contributed by atoms with van der Waals surface area (Å²) in [5.74, 6) is 0.885. The van der Waals surface area contributed by atoms with Crippen molar-refractivity contribution in [1.29, 1.82) is 0 Å². The monoisotopic (exact) mass is 270 g/mol. The number of benzene rings is 1. The molecule has 0 fully saturated rings. The van der Waals surface area contributed by atoms with Gasteiger partial charge >= 0.3 is 0 Å². The highest BCUT2D eigenvalue weighted by Gasteiger charge is 2.09. The van der Waals surface area contributed by atoms with Gasteiger partial charge in [0.05, 0.1) is 0 Å². The fraction of sp³-hybridized carbons (Fsp3) is 0.312. The Balaban J connectivity index is 2.26. The topological polar surface area (TPSA) is 54.2 Å². The summed E-state index contributed by atoms with van der Waals surface area (Å²) in [4.78, 5) is 6.56. The standard InChI is InChI=1S/C16H22N4/c1-20(2)11-10-19-16-15(12-17)14(8-9-18-16)13-6-4-3-5-7-13/h3-9H,10-12,17H2,1-2H3,(H,18,19). The predicted molar refractivity (Wildman–Crippen MR) is 84.6 cm³/mol. The van der Waals surface area contributed by atoms with E-state index in [2.05, 4.69) is 41.4 Å². The molecule has 0 aliphatic heterocycles. The molecular formula is C16H22N4. The van der Waals surface area contributed by atoms with Crippen LogP contribution in [0.2, 0.25) is 0 Å². The van der Waals surface area contributed by atoms with Gasteiger partial charge in [0.2, 0.25) is 0 Å². The minimum absolute atomic E-state index is 0.475. The molecule has 4 nitrogen and oxygen atoms in total. The largest absolute Gasteiger partial charge is 0.369 e. The number of likely N-dealkylation sites (N-methyl/N-ethyl adjacent to an activating group) is 1. The van der Waals surface area contributed by atoms with Gasteiger partial charge in [-0.1, -0.05) is 30.3 Å². The van der Waals surface area contributed by atoms with E-state index in [4.69, 9.17) is 5.73 Å². The number of nitrogens with two attached hydrogens (primary N) is 1. The quantitative estimate of drug-likeness (QED) is 0.845. The highest BCUT2D eigenvalue weighted by molar-refractivity contribution is 5.71. The van der Waals surface area contributed by atoms with Crippen LogP contribution in [0.3, 0.4) is 0 Å². The van der Waals surface area contributed by atoms with Gasteiger partial charge < -0.3 is 16.0 Å². The number of rotatable bonds is 6. The molecule has 2 aromatic rings. The summed E-state index contributed by atoms with van der Waals surface area (Å²) in [6.07, 6.45) is 1.83. The number of hydrogen-bond donors (Lipinski definition) is 2. The first-order valence-corrected chi connectivity index (χ1v) is 6.84. The van der Waals surface area contributed by atoms with Crippen LogP contribution in [-0.4, -0.2) is 37.1 Å². The molecule has 0 unspecified atom stereocenters. The normalized spacial score (nSPS) is 10.8. The average molecular weight is 270 g/mol. The van der Waals surface area contributed by atoms with E-state index in [0.717, 1.165) is 30.0 Å². The molecule has 1 aromatic heterocycles. The molecule has 0 spiro atoms. The third-order valence-corrected chi connectivity index (χ3v) is 3.20. The summed E-state index contributed by atoms with van der Waals surface area (Å²) in [6.45, 7) is 2.29. The summed E-state index contributed by atoms with van der Waals surface area (Å²) in [7, 11) is 4.11. The summed E-state index contributed by atoms with van der Waals surface area (Å²) < 4.78 is 0. The van der Waals surface area contributed by atoms with E-state index in [0.29, 0.717) is 6.54 Å². The highest BCUT2D eigenvalue weighted by Crippen LogP contribution is 2.27. The fourth-order valence-electron chi connectivity index (χ4n) is 2.14. The second-order valence-corrected chi connectivity index (χ2v) is 4.99. The Bertz CT molecular complexity index is 537. The molecule has 1 heterocycles. The van der Waals surface area contributed by atoms with Crippen LogP contribution in [0.25, 0.3) is 11.1 Å². The van der Waals surface area contributed by atoms with Crippen molar-refractivity contribution < 1.29 is 0 Å². The van der Waals surface area contributed by atoms with Crippen molar-refractivity contribution in [3.63, 3.8) is 0 Å². The first-order chi connectivity index (χ1) is 9.72. The zero-order chi connectivity index (χ0) is 14.4.